The minimum atomic E-state index is -0.852. The zero-order valence-corrected chi connectivity index (χ0v) is 12.9. The van der Waals surface area contributed by atoms with Crippen molar-refractivity contribution in [3.63, 3.8) is 0 Å². The van der Waals surface area contributed by atoms with Gasteiger partial charge in [-0.05, 0) is 30.9 Å². The minimum absolute atomic E-state index is 0.410. The van der Waals surface area contributed by atoms with Crippen LogP contribution in [0.2, 0.25) is 0 Å². The van der Waals surface area contributed by atoms with Crippen molar-refractivity contribution in [1.29, 1.82) is 0 Å². The summed E-state index contributed by atoms with van der Waals surface area (Å²) < 4.78 is 1.73. The van der Waals surface area contributed by atoms with Gasteiger partial charge in [-0.1, -0.05) is 26.7 Å². The maximum atomic E-state index is 11.3. The molecular formula is C15H21N5O2. The molecule has 2 aromatic heterocycles. The summed E-state index contributed by atoms with van der Waals surface area (Å²) in [5, 5.41) is 25.1. The first-order chi connectivity index (χ1) is 10.6. The number of carbonyl (C=O) groups is 1. The van der Waals surface area contributed by atoms with Crippen LogP contribution in [-0.2, 0) is 4.79 Å². The summed E-state index contributed by atoms with van der Waals surface area (Å²) in [6, 6.07) is 2.95. The molecule has 2 N–H and O–H groups in total. The topological polar surface area (TPSA) is 92.4 Å². The molecule has 22 heavy (non-hydrogen) atoms. The number of hydrogen-bond acceptors (Lipinski definition) is 5. The summed E-state index contributed by atoms with van der Waals surface area (Å²) in [6.45, 7) is 4.22. The summed E-state index contributed by atoms with van der Waals surface area (Å²) in [5.41, 5.74) is 0.695. The van der Waals surface area contributed by atoms with Crippen molar-refractivity contribution in [2.24, 2.45) is 5.92 Å². The van der Waals surface area contributed by atoms with Gasteiger partial charge in [0.05, 0.1) is 0 Å². The Kier molecular flexibility index (Phi) is 3.96. The summed E-state index contributed by atoms with van der Waals surface area (Å²) in [4.78, 5) is 11.3. The molecule has 1 fully saturated rings. The molecule has 3 atom stereocenters. The summed E-state index contributed by atoms with van der Waals surface area (Å²) in [7, 11) is 0. The Morgan fingerprint density at radius 2 is 2.27 bits per heavy atom. The van der Waals surface area contributed by atoms with E-state index in [9.17, 15) is 9.90 Å². The predicted molar refractivity (Wildman–Crippen MR) is 81.9 cm³/mol. The number of anilines is 1. The number of aromatic nitrogens is 4. The SMILES string of the molecule is CCCCC(Nc1ccc2nnc(C3CC3C)n2n1)C(=O)O. The lowest BCUT2D eigenvalue weighted by atomic mass is 10.1. The molecule has 118 valence electrons. The van der Waals surface area contributed by atoms with Gasteiger partial charge >= 0.3 is 5.97 Å². The second-order valence-corrected chi connectivity index (χ2v) is 6.04. The Hall–Kier alpha value is -2.18. The van der Waals surface area contributed by atoms with Crippen molar-refractivity contribution in [3.05, 3.63) is 18.0 Å². The molecule has 1 aliphatic rings. The van der Waals surface area contributed by atoms with E-state index in [1.54, 1.807) is 10.6 Å². The number of hydrogen-bond donors (Lipinski definition) is 2. The number of nitrogens with one attached hydrogen (secondary N) is 1. The smallest absolute Gasteiger partial charge is 0.326 e. The molecule has 0 aliphatic heterocycles. The molecule has 1 aliphatic carbocycles. The summed E-state index contributed by atoms with van der Waals surface area (Å²) in [6.07, 6.45) is 3.52. The first kappa shape index (κ1) is 14.7. The van der Waals surface area contributed by atoms with Gasteiger partial charge < -0.3 is 10.4 Å². The van der Waals surface area contributed by atoms with Crippen molar-refractivity contribution >= 4 is 17.4 Å². The Morgan fingerprint density at radius 1 is 1.50 bits per heavy atom. The van der Waals surface area contributed by atoms with Crippen LogP contribution in [0.1, 0.15) is 51.3 Å². The molecule has 2 aromatic rings. The van der Waals surface area contributed by atoms with Gasteiger partial charge in [-0.2, -0.15) is 4.52 Å². The standard InChI is InChI=1S/C15H21N5O2/c1-3-4-5-11(15(21)22)16-12-6-7-13-17-18-14(20(13)19-12)10-8-9(10)2/h6-7,9-11H,3-5,8H2,1-2H3,(H,16,19)(H,21,22). The Labute approximate surface area is 128 Å². The third-order valence-electron chi connectivity index (χ3n) is 4.19. The monoisotopic (exact) mass is 303 g/mol. The molecule has 0 amide bonds. The molecule has 0 saturated heterocycles. The fraction of sp³-hybridized carbons (Fsp3) is 0.600. The first-order valence-electron chi connectivity index (χ1n) is 7.82. The van der Waals surface area contributed by atoms with Crippen LogP contribution in [0.15, 0.2) is 12.1 Å². The van der Waals surface area contributed by atoms with E-state index in [1.807, 2.05) is 13.0 Å². The average molecular weight is 303 g/mol. The molecule has 7 nitrogen and oxygen atoms in total. The highest BCUT2D eigenvalue weighted by Gasteiger charge is 2.38. The second kappa shape index (κ2) is 5.90. The number of unbranched alkanes of at least 4 members (excludes halogenated alkanes) is 1. The predicted octanol–water partition coefficient (Wildman–Crippen LogP) is 2.30. The van der Waals surface area contributed by atoms with Crippen molar-refractivity contribution in [2.75, 3.05) is 5.32 Å². The molecule has 3 rings (SSSR count). The summed E-state index contributed by atoms with van der Waals surface area (Å²) >= 11 is 0. The lowest BCUT2D eigenvalue weighted by Crippen LogP contribution is -2.29. The normalized spacial score (nSPS) is 21.7. The third kappa shape index (κ3) is 2.88. The fourth-order valence-electron chi connectivity index (χ4n) is 2.64. The van der Waals surface area contributed by atoms with Crippen molar-refractivity contribution in [2.45, 2.75) is 51.5 Å². The lowest BCUT2D eigenvalue weighted by molar-refractivity contribution is -0.138. The largest absolute Gasteiger partial charge is 0.480 e. The van der Waals surface area contributed by atoms with E-state index in [4.69, 9.17) is 0 Å². The van der Waals surface area contributed by atoms with Gasteiger partial charge in [0.2, 0.25) is 0 Å². The van der Waals surface area contributed by atoms with E-state index in [-0.39, 0.29) is 0 Å². The van der Waals surface area contributed by atoms with Gasteiger partial charge in [0, 0.05) is 5.92 Å². The van der Waals surface area contributed by atoms with Crippen LogP contribution in [0.5, 0.6) is 0 Å². The Morgan fingerprint density at radius 3 is 2.91 bits per heavy atom. The zero-order chi connectivity index (χ0) is 15.7. The van der Waals surface area contributed by atoms with Crippen LogP contribution in [0.3, 0.4) is 0 Å². The number of carboxylic acids is 1. The minimum Gasteiger partial charge on any atom is -0.480 e. The van der Waals surface area contributed by atoms with Crippen molar-refractivity contribution < 1.29 is 9.90 Å². The van der Waals surface area contributed by atoms with Crippen molar-refractivity contribution in [3.8, 4) is 0 Å². The molecule has 7 heteroatoms. The molecule has 2 heterocycles. The highest BCUT2D eigenvalue weighted by atomic mass is 16.4. The Bertz CT molecular complexity index is 684. The molecule has 1 saturated carbocycles. The van der Waals surface area contributed by atoms with Crippen LogP contribution in [-0.4, -0.2) is 36.9 Å². The highest BCUT2D eigenvalue weighted by Crippen LogP contribution is 2.45. The molecule has 0 spiro atoms. The van der Waals surface area contributed by atoms with E-state index < -0.39 is 12.0 Å². The Balaban J connectivity index is 1.82. The highest BCUT2D eigenvalue weighted by molar-refractivity contribution is 5.76. The van der Waals surface area contributed by atoms with Gasteiger partial charge in [-0.3, -0.25) is 0 Å². The van der Waals surface area contributed by atoms with Crippen LogP contribution in [0.25, 0.3) is 5.65 Å². The lowest BCUT2D eigenvalue weighted by Gasteiger charge is -2.14. The van der Waals surface area contributed by atoms with Gasteiger partial charge in [0.1, 0.15) is 11.9 Å². The fourth-order valence-corrected chi connectivity index (χ4v) is 2.64. The van der Waals surface area contributed by atoms with Crippen LogP contribution >= 0.6 is 0 Å². The number of aliphatic carboxylic acids is 1. The van der Waals surface area contributed by atoms with Gasteiger partial charge in [-0.15, -0.1) is 15.3 Å². The first-order valence-corrected chi connectivity index (χ1v) is 7.82. The maximum absolute atomic E-state index is 11.3. The molecule has 0 bridgehead atoms. The maximum Gasteiger partial charge on any atom is 0.326 e. The number of rotatable bonds is 7. The molecule has 0 radical (unpaired) electrons. The zero-order valence-electron chi connectivity index (χ0n) is 12.9. The quantitative estimate of drug-likeness (QED) is 0.815. The number of nitrogens with zero attached hydrogens (tertiary/aromatic N) is 4. The van der Waals surface area contributed by atoms with E-state index in [2.05, 4.69) is 27.5 Å². The van der Waals surface area contributed by atoms with Crippen LogP contribution < -0.4 is 5.32 Å². The van der Waals surface area contributed by atoms with E-state index in [0.717, 1.165) is 25.1 Å². The van der Waals surface area contributed by atoms with Crippen molar-refractivity contribution in [1.82, 2.24) is 19.8 Å². The number of fused-ring (bicyclic) bond motifs is 1. The molecule has 3 unspecified atom stereocenters. The van der Waals surface area contributed by atoms with Gasteiger partial charge in [-0.25, -0.2) is 4.79 Å². The van der Waals surface area contributed by atoms with Crippen LogP contribution in [0, 0.1) is 5.92 Å². The van der Waals surface area contributed by atoms with Gasteiger partial charge in [0.15, 0.2) is 11.5 Å². The van der Waals surface area contributed by atoms with E-state index in [0.29, 0.717) is 29.7 Å². The summed E-state index contributed by atoms with van der Waals surface area (Å²) in [5.74, 6) is 1.59. The molecular weight excluding hydrogens is 282 g/mol. The molecule has 0 aromatic carbocycles. The number of carboxylic acid groups (broad SMARTS) is 1. The van der Waals surface area contributed by atoms with E-state index in [1.165, 1.54) is 0 Å². The third-order valence-corrected chi connectivity index (χ3v) is 4.19. The average Bonchev–Trinajstić information content (AvgIpc) is 3.07. The van der Waals surface area contributed by atoms with Crippen LogP contribution in [0.4, 0.5) is 5.82 Å². The van der Waals surface area contributed by atoms with E-state index >= 15 is 0 Å². The second-order valence-electron chi connectivity index (χ2n) is 6.04. The van der Waals surface area contributed by atoms with Gasteiger partial charge in [0.25, 0.3) is 0 Å².